The van der Waals surface area contributed by atoms with E-state index >= 15 is 0 Å². The van der Waals surface area contributed by atoms with Crippen molar-refractivity contribution >= 4 is 0 Å². The van der Waals surface area contributed by atoms with Crippen LogP contribution in [0.15, 0.2) is 12.2 Å². The van der Waals surface area contributed by atoms with Crippen molar-refractivity contribution in [3.05, 3.63) is 12.2 Å². The van der Waals surface area contributed by atoms with Crippen molar-refractivity contribution in [1.82, 2.24) is 4.90 Å². The molecule has 3 aliphatic heterocycles. The van der Waals surface area contributed by atoms with E-state index in [2.05, 4.69) is 37.8 Å². The van der Waals surface area contributed by atoms with Crippen molar-refractivity contribution in [1.29, 1.82) is 0 Å². The van der Waals surface area contributed by atoms with Gasteiger partial charge in [-0.2, -0.15) is 0 Å². The molecule has 1 saturated carbocycles. The minimum Gasteiger partial charge on any atom is -0.393 e. The summed E-state index contributed by atoms with van der Waals surface area (Å²) in [5.74, 6) is 1.72. The summed E-state index contributed by atoms with van der Waals surface area (Å²) in [6.45, 7) is 9.08. The van der Waals surface area contributed by atoms with Crippen LogP contribution in [0.3, 0.4) is 0 Å². The predicted molar refractivity (Wildman–Crippen MR) is 83.0 cm³/mol. The Hall–Kier alpha value is -0.380. The molecule has 3 fully saturated rings. The zero-order valence-corrected chi connectivity index (χ0v) is 13.6. The molecule has 4 rings (SSSR count). The van der Waals surface area contributed by atoms with E-state index in [-0.39, 0.29) is 17.2 Å². The van der Waals surface area contributed by atoms with E-state index in [0.29, 0.717) is 23.9 Å². The quantitative estimate of drug-likeness (QED) is 0.794. The third-order valence-electron chi connectivity index (χ3n) is 6.85. The minimum absolute atomic E-state index is 0.00511. The van der Waals surface area contributed by atoms with Gasteiger partial charge in [0, 0.05) is 30.5 Å². The highest BCUT2D eigenvalue weighted by Gasteiger charge is 2.58. The predicted octanol–water partition coefficient (Wildman–Crippen LogP) is 2.59. The van der Waals surface area contributed by atoms with Gasteiger partial charge in [-0.1, -0.05) is 25.5 Å². The van der Waals surface area contributed by atoms with E-state index in [1.807, 2.05) is 0 Å². The average Bonchev–Trinajstić information content (AvgIpc) is 3.04. The molecule has 3 nitrogen and oxygen atoms in total. The van der Waals surface area contributed by atoms with Gasteiger partial charge in [-0.05, 0) is 39.0 Å². The molecule has 0 aromatic carbocycles. The molecule has 0 aromatic rings. The van der Waals surface area contributed by atoms with E-state index in [9.17, 15) is 5.11 Å². The van der Waals surface area contributed by atoms with Crippen LogP contribution in [0.1, 0.15) is 46.5 Å². The van der Waals surface area contributed by atoms with Gasteiger partial charge < -0.3 is 9.84 Å². The lowest BCUT2D eigenvalue weighted by atomic mass is 9.71. The van der Waals surface area contributed by atoms with Gasteiger partial charge in [0.1, 0.15) is 5.60 Å². The van der Waals surface area contributed by atoms with Crippen LogP contribution in [-0.4, -0.2) is 46.4 Å². The Kier molecular flexibility index (Phi) is 3.09. The highest BCUT2D eigenvalue weighted by molar-refractivity contribution is 5.25. The van der Waals surface area contributed by atoms with Crippen LogP contribution in [0.25, 0.3) is 0 Å². The normalized spacial score (nSPS) is 49.8. The van der Waals surface area contributed by atoms with Gasteiger partial charge in [-0.15, -0.1) is 0 Å². The van der Waals surface area contributed by atoms with Crippen LogP contribution in [0.5, 0.6) is 0 Å². The molecule has 118 valence electrons. The maximum absolute atomic E-state index is 10.6. The first kappa shape index (κ1) is 14.2. The van der Waals surface area contributed by atoms with E-state index in [0.717, 1.165) is 25.9 Å². The monoisotopic (exact) mass is 291 g/mol. The van der Waals surface area contributed by atoms with Crippen LogP contribution in [0.4, 0.5) is 0 Å². The fourth-order valence-corrected chi connectivity index (χ4v) is 5.39. The van der Waals surface area contributed by atoms with Crippen LogP contribution in [-0.2, 0) is 4.74 Å². The number of fused-ring (bicyclic) bond motifs is 1. The second-order valence-corrected chi connectivity index (χ2v) is 8.53. The van der Waals surface area contributed by atoms with E-state index in [1.165, 1.54) is 12.8 Å². The molecule has 3 heterocycles. The molecule has 2 bridgehead atoms. The summed E-state index contributed by atoms with van der Waals surface area (Å²) in [7, 11) is 0. The van der Waals surface area contributed by atoms with E-state index < -0.39 is 0 Å². The van der Waals surface area contributed by atoms with Gasteiger partial charge in [-0.3, -0.25) is 4.90 Å². The number of hydrogen-bond acceptors (Lipinski definition) is 3. The third-order valence-corrected chi connectivity index (χ3v) is 6.85. The first-order chi connectivity index (χ1) is 9.91. The summed E-state index contributed by atoms with van der Waals surface area (Å²) >= 11 is 0. The highest BCUT2D eigenvalue weighted by Crippen LogP contribution is 2.51. The Morgan fingerprint density at radius 1 is 1.29 bits per heavy atom. The summed E-state index contributed by atoms with van der Waals surface area (Å²) in [6.07, 6.45) is 9.37. The van der Waals surface area contributed by atoms with Crippen molar-refractivity contribution in [2.45, 2.75) is 69.8 Å². The fourth-order valence-electron chi connectivity index (χ4n) is 5.39. The molecule has 0 radical (unpaired) electrons. The molecule has 1 spiro atoms. The topological polar surface area (TPSA) is 32.7 Å². The number of aliphatic hydroxyl groups excluding tert-OH is 1. The van der Waals surface area contributed by atoms with Crippen LogP contribution in [0.2, 0.25) is 0 Å². The molecule has 0 amide bonds. The summed E-state index contributed by atoms with van der Waals surface area (Å²) < 4.78 is 6.23. The van der Waals surface area contributed by atoms with Gasteiger partial charge in [0.05, 0.1) is 12.2 Å². The number of rotatable bonds is 2. The molecule has 0 unspecified atom stereocenters. The van der Waals surface area contributed by atoms with Crippen LogP contribution < -0.4 is 0 Å². The Labute approximate surface area is 128 Å². The summed E-state index contributed by atoms with van der Waals surface area (Å²) in [6, 6.07) is 0. The molecular weight excluding hydrogens is 262 g/mol. The highest BCUT2D eigenvalue weighted by atomic mass is 16.5. The van der Waals surface area contributed by atoms with Gasteiger partial charge in [0.2, 0.25) is 0 Å². The standard InChI is InChI=1S/C18H29NO2/c1-12-4-5-15(16(20)8-12)17(2,3)19-10-13-9-14-6-7-18(13,11-19)21-14/h6-7,12-16,20H,4-5,8-11H2,1-3H3/t12-,13-,14-,15-,16-,18+/m1/s1. The van der Waals surface area contributed by atoms with Crippen molar-refractivity contribution in [2.75, 3.05) is 13.1 Å². The molecular formula is C18H29NO2. The number of aliphatic hydroxyl groups is 1. The molecule has 21 heavy (non-hydrogen) atoms. The Bertz CT molecular complexity index is 460. The maximum Gasteiger partial charge on any atom is 0.104 e. The van der Waals surface area contributed by atoms with Gasteiger partial charge in [0.25, 0.3) is 0 Å². The Balaban J connectivity index is 1.52. The minimum atomic E-state index is -0.144. The van der Waals surface area contributed by atoms with Gasteiger partial charge in [-0.25, -0.2) is 0 Å². The smallest absolute Gasteiger partial charge is 0.104 e. The molecule has 0 aromatic heterocycles. The largest absolute Gasteiger partial charge is 0.393 e. The first-order valence-corrected chi connectivity index (χ1v) is 8.71. The SMILES string of the molecule is C[C@@H]1CC[C@@H](C(C)(C)N2C[C@H]3C[C@H]4C=C[C@@]3(C2)O4)[C@H](O)C1. The maximum atomic E-state index is 10.6. The Morgan fingerprint density at radius 2 is 2.10 bits per heavy atom. The zero-order valence-electron chi connectivity index (χ0n) is 13.6. The molecule has 1 N–H and O–H groups in total. The third kappa shape index (κ3) is 2.04. The van der Waals surface area contributed by atoms with Gasteiger partial charge in [0.15, 0.2) is 0 Å². The lowest BCUT2D eigenvalue weighted by Crippen LogP contribution is -2.54. The fraction of sp³-hybridized carbons (Fsp3) is 0.889. The molecule has 1 aliphatic carbocycles. The van der Waals surface area contributed by atoms with Crippen molar-refractivity contribution in [3.63, 3.8) is 0 Å². The summed E-state index contributed by atoms with van der Waals surface area (Å²) in [4.78, 5) is 2.60. The molecule has 2 saturated heterocycles. The molecule has 6 atom stereocenters. The average molecular weight is 291 g/mol. The number of hydrogen-bond donors (Lipinski definition) is 1. The van der Waals surface area contributed by atoms with Crippen LogP contribution in [0, 0.1) is 17.8 Å². The van der Waals surface area contributed by atoms with Gasteiger partial charge >= 0.3 is 0 Å². The lowest BCUT2D eigenvalue weighted by molar-refractivity contribution is -0.0506. The number of nitrogens with zero attached hydrogens (tertiary/aromatic N) is 1. The van der Waals surface area contributed by atoms with Crippen molar-refractivity contribution < 1.29 is 9.84 Å². The Morgan fingerprint density at radius 3 is 2.76 bits per heavy atom. The van der Waals surface area contributed by atoms with Crippen molar-refractivity contribution in [2.24, 2.45) is 17.8 Å². The molecule has 3 heteroatoms. The lowest BCUT2D eigenvalue weighted by Gasteiger charge is -2.47. The van der Waals surface area contributed by atoms with E-state index in [4.69, 9.17) is 4.74 Å². The number of ether oxygens (including phenoxy) is 1. The molecule has 4 aliphatic rings. The van der Waals surface area contributed by atoms with E-state index in [1.54, 1.807) is 0 Å². The zero-order chi connectivity index (χ0) is 14.8. The first-order valence-electron chi connectivity index (χ1n) is 8.71. The second-order valence-electron chi connectivity index (χ2n) is 8.53. The van der Waals surface area contributed by atoms with Crippen LogP contribution >= 0.6 is 0 Å². The number of likely N-dealkylation sites (tertiary alicyclic amines) is 1. The second kappa shape index (κ2) is 4.56. The van der Waals surface area contributed by atoms with Crippen molar-refractivity contribution in [3.8, 4) is 0 Å². The summed E-state index contributed by atoms with van der Waals surface area (Å²) in [5, 5.41) is 10.6. The summed E-state index contributed by atoms with van der Waals surface area (Å²) in [5.41, 5.74) is 0.0583.